The Balaban J connectivity index is 1.38. The molecule has 1 fully saturated rings. The van der Waals surface area contributed by atoms with Gasteiger partial charge in [0.05, 0.1) is 6.04 Å². The zero-order chi connectivity index (χ0) is 26.6. The maximum atomic E-state index is 13.5. The number of alkyl carbamates (subject to hydrolysis) is 1. The molecule has 1 heterocycles. The summed E-state index contributed by atoms with van der Waals surface area (Å²) in [7, 11) is 0. The number of benzene rings is 3. The minimum Gasteiger partial charge on any atom is -0.445 e. The van der Waals surface area contributed by atoms with Crippen molar-refractivity contribution in [2.75, 3.05) is 32.7 Å². The van der Waals surface area contributed by atoms with Crippen LogP contribution in [-0.2, 0) is 16.1 Å². The van der Waals surface area contributed by atoms with Crippen molar-refractivity contribution in [1.29, 1.82) is 0 Å². The van der Waals surface area contributed by atoms with E-state index in [-0.39, 0.29) is 18.6 Å². The molecule has 3 N–H and O–H groups in total. The van der Waals surface area contributed by atoms with Crippen LogP contribution in [0, 0.1) is 0 Å². The van der Waals surface area contributed by atoms with Crippen LogP contribution >= 0.6 is 0 Å². The molecule has 0 spiro atoms. The normalized spacial score (nSPS) is 14.7. The Kier molecular flexibility index (Phi) is 10.3. The Bertz CT molecular complexity index is 1080. The molecule has 0 saturated carbocycles. The molecule has 38 heavy (non-hydrogen) atoms. The first-order chi connectivity index (χ1) is 18.7. The molecule has 0 unspecified atom stereocenters. The molecule has 4 rings (SSSR count). The first-order valence-corrected chi connectivity index (χ1v) is 13.5. The quantitative estimate of drug-likeness (QED) is 0.372. The lowest BCUT2D eigenvalue weighted by Gasteiger charge is -2.40. The van der Waals surface area contributed by atoms with Crippen LogP contribution < -0.4 is 11.1 Å². The molecule has 1 atom stereocenters. The number of ether oxygens (including phenoxy) is 1. The topological polar surface area (TPSA) is 87.9 Å². The number of hydrogen-bond acceptors (Lipinski definition) is 5. The summed E-state index contributed by atoms with van der Waals surface area (Å²) in [5.41, 5.74) is 9.05. The second kappa shape index (κ2) is 14.3. The smallest absolute Gasteiger partial charge is 0.408 e. The van der Waals surface area contributed by atoms with E-state index in [1.165, 1.54) is 11.1 Å². The number of nitrogens with two attached hydrogens (primary N) is 1. The van der Waals surface area contributed by atoms with E-state index in [0.717, 1.165) is 31.5 Å². The monoisotopic (exact) mass is 514 g/mol. The van der Waals surface area contributed by atoms with E-state index in [1.54, 1.807) is 0 Å². The number of unbranched alkanes of at least 4 members (excludes halogenated alkanes) is 1. The highest BCUT2D eigenvalue weighted by atomic mass is 16.5. The van der Waals surface area contributed by atoms with Crippen molar-refractivity contribution in [3.63, 3.8) is 0 Å². The summed E-state index contributed by atoms with van der Waals surface area (Å²) in [5.74, 6) is -0.0608. The van der Waals surface area contributed by atoms with Crippen molar-refractivity contribution in [2.24, 2.45) is 5.73 Å². The summed E-state index contributed by atoms with van der Waals surface area (Å²) in [5, 5.41) is 2.82. The van der Waals surface area contributed by atoms with Gasteiger partial charge in [-0.15, -0.1) is 0 Å². The third-order valence-corrected chi connectivity index (χ3v) is 6.97. The van der Waals surface area contributed by atoms with E-state index in [4.69, 9.17) is 10.5 Å². The van der Waals surface area contributed by atoms with Gasteiger partial charge < -0.3 is 20.7 Å². The van der Waals surface area contributed by atoms with Crippen LogP contribution in [-0.4, -0.2) is 60.6 Å². The Hall–Kier alpha value is -3.68. The molecule has 2 amide bonds. The van der Waals surface area contributed by atoms with Crippen LogP contribution in [0.3, 0.4) is 0 Å². The van der Waals surface area contributed by atoms with Crippen molar-refractivity contribution in [3.05, 3.63) is 108 Å². The Morgan fingerprint density at radius 3 is 1.89 bits per heavy atom. The van der Waals surface area contributed by atoms with Gasteiger partial charge in [0.15, 0.2) is 0 Å². The summed E-state index contributed by atoms with van der Waals surface area (Å²) in [4.78, 5) is 30.4. The van der Waals surface area contributed by atoms with Crippen molar-refractivity contribution >= 4 is 12.0 Å². The third kappa shape index (κ3) is 7.66. The van der Waals surface area contributed by atoms with Crippen LogP contribution in [0.25, 0.3) is 0 Å². The standard InChI is InChI=1S/C31H38N4O3/c32-19-11-10-18-28(33-31(37)38-24-25-12-4-1-5-13-25)30(36)35-22-20-34(21-23-35)29(26-14-6-2-7-15-26)27-16-8-3-9-17-27/h1-9,12-17,28-29H,10-11,18-24,32H2,(H,33,37)/t28-/m0/s1. The average Bonchev–Trinajstić information content (AvgIpc) is 2.97. The van der Waals surface area contributed by atoms with Gasteiger partial charge >= 0.3 is 6.09 Å². The molecule has 0 bridgehead atoms. The van der Waals surface area contributed by atoms with E-state index in [1.807, 2.05) is 47.4 Å². The molecule has 200 valence electrons. The number of carbonyl (C=O) groups is 2. The van der Waals surface area contributed by atoms with Crippen molar-refractivity contribution in [1.82, 2.24) is 15.1 Å². The maximum Gasteiger partial charge on any atom is 0.408 e. The molecule has 3 aromatic carbocycles. The van der Waals surface area contributed by atoms with Crippen molar-refractivity contribution in [2.45, 2.75) is 38.0 Å². The lowest BCUT2D eigenvalue weighted by molar-refractivity contribution is -0.135. The van der Waals surface area contributed by atoms with Crippen LogP contribution in [0.15, 0.2) is 91.0 Å². The third-order valence-electron chi connectivity index (χ3n) is 6.97. The highest BCUT2D eigenvalue weighted by Gasteiger charge is 2.31. The fourth-order valence-electron chi connectivity index (χ4n) is 4.96. The highest BCUT2D eigenvalue weighted by molar-refractivity contribution is 5.85. The highest BCUT2D eigenvalue weighted by Crippen LogP contribution is 2.29. The maximum absolute atomic E-state index is 13.5. The van der Waals surface area contributed by atoms with Gasteiger partial charge in [0, 0.05) is 26.2 Å². The molecule has 1 aliphatic heterocycles. The number of piperazine rings is 1. The zero-order valence-electron chi connectivity index (χ0n) is 21.9. The van der Waals surface area contributed by atoms with Crippen molar-refractivity contribution in [3.8, 4) is 0 Å². The molecule has 7 heteroatoms. The predicted octanol–water partition coefficient (Wildman–Crippen LogP) is 4.34. The number of rotatable bonds is 11. The van der Waals surface area contributed by atoms with Gasteiger partial charge in [-0.1, -0.05) is 91.0 Å². The molecular formula is C31H38N4O3. The van der Waals surface area contributed by atoms with Crippen LogP contribution in [0.1, 0.15) is 42.0 Å². The second-order valence-corrected chi connectivity index (χ2v) is 9.63. The summed E-state index contributed by atoms with van der Waals surface area (Å²) in [6.07, 6.45) is 1.52. The molecular weight excluding hydrogens is 476 g/mol. The summed E-state index contributed by atoms with van der Waals surface area (Å²) in [6.45, 7) is 3.41. The number of hydrogen-bond donors (Lipinski definition) is 2. The first kappa shape index (κ1) is 27.4. The van der Waals surface area contributed by atoms with E-state index in [0.29, 0.717) is 26.1 Å². The fraction of sp³-hybridized carbons (Fsp3) is 0.355. The first-order valence-electron chi connectivity index (χ1n) is 13.5. The minimum atomic E-state index is -0.629. The van der Waals surface area contributed by atoms with Gasteiger partial charge in [-0.2, -0.15) is 0 Å². The van der Waals surface area contributed by atoms with Gasteiger partial charge in [0.25, 0.3) is 0 Å². The summed E-state index contributed by atoms with van der Waals surface area (Å²) >= 11 is 0. The minimum absolute atomic E-state index is 0.0608. The Morgan fingerprint density at radius 1 is 0.789 bits per heavy atom. The number of carbonyl (C=O) groups excluding carboxylic acids is 2. The SMILES string of the molecule is NCCCC[C@H](NC(=O)OCc1ccccc1)C(=O)N1CCN(C(c2ccccc2)c2ccccc2)CC1. The lowest BCUT2D eigenvalue weighted by atomic mass is 9.96. The summed E-state index contributed by atoms with van der Waals surface area (Å²) in [6, 6.07) is 30.0. The Labute approximate surface area is 225 Å². The van der Waals surface area contributed by atoms with E-state index >= 15 is 0 Å². The van der Waals surface area contributed by atoms with Crippen LogP contribution in [0.5, 0.6) is 0 Å². The molecule has 3 aromatic rings. The second-order valence-electron chi connectivity index (χ2n) is 9.63. The van der Waals surface area contributed by atoms with E-state index < -0.39 is 12.1 Å². The fourth-order valence-corrected chi connectivity index (χ4v) is 4.96. The van der Waals surface area contributed by atoms with E-state index in [9.17, 15) is 9.59 Å². The Morgan fingerprint density at radius 2 is 1.34 bits per heavy atom. The number of nitrogens with zero attached hydrogens (tertiary/aromatic N) is 2. The average molecular weight is 515 g/mol. The molecule has 0 aromatic heterocycles. The van der Waals surface area contributed by atoms with Crippen LogP contribution in [0.2, 0.25) is 0 Å². The van der Waals surface area contributed by atoms with Gasteiger partial charge in [0.1, 0.15) is 12.6 Å². The number of amides is 2. The molecule has 1 aliphatic rings. The molecule has 0 aliphatic carbocycles. The van der Waals surface area contributed by atoms with Gasteiger partial charge in [-0.05, 0) is 42.5 Å². The number of nitrogens with one attached hydrogen (secondary N) is 1. The largest absolute Gasteiger partial charge is 0.445 e. The molecule has 0 radical (unpaired) electrons. The summed E-state index contributed by atoms with van der Waals surface area (Å²) < 4.78 is 5.40. The van der Waals surface area contributed by atoms with Gasteiger partial charge in [-0.25, -0.2) is 4.79 Å². The van der Waals surface area contributed by atoms with Crippen molar-refractivity contribution < 1.29 is 14.3 Å². The van der Waals surface area contributed by atoms with Crippen LogP contribution in [0.4, 0.5) is 4.79 Å². The van der Waals surface area contributed by atoms with Gasteiger partial charge in [-0.3, -0.25) is 9.69 Å². The molecule has 1 saturated heterocycles. The molecule has 7 nitrogen and oxygen atoms in total. The zero-order valence-corrected chi connectivity index (χ0v) is 21.9. The van der Waals surface area contributed by atoms with Gasteiger partial charge in [0.2, 0.25) is 5.91 Å². The predicted molar refractivity (Wildman–Crippen MR) is 149 cm³/mol. The lowest BCUT2D eigenvalue weighted by Crippen LogP contribution is -2.55. The van der Waals surface area contributed by atoms with E-state index in [2.05, 4.69) is 58.7 Å².